The molecule has 1 aromatic carbocycles. The van der Waals surface area contributed by atoms with Gasteiger partial charge in [0.15, 0.2) is 11.6 Å². The highest BCUT2D eigenvalue weighted by molar-refractivity contribution is 7.91. The Balaban J connectivity index is 1.38. The van der Waals surface area contributed by atoms with Crippen LogP contribution in [0.3, 0.4) is 0 Å². The van der Waals surface area contributed by atoms with Crippen LogP contribution in [0.2, 0.25) is 0 Å². The van der Waals surface area contributed by atoms with E-state index in [2.05, 4.69) is 15.6 Å². The Bertz CT molecular complexity index is 2200. The van der Waals surface area contributed by atoms with E-state index < -0.39 is 98.4 Å². The Labute approximate surface area is 349 Å². The Hall–Kier alpha value is -4.95. The Kier molecular flexibility index (Phi) is 12.5. The van der Waals surface area contributed by atoms with Gasteiger partial charge in [-0.1, -0.05) is 26.0 Å². The standard InChI is InChI=1S/C40H50F5N5O10S/c1-21-9-7-8-10-23-17-39(23,35(53)49-61(55,56)38(20-41)11-12-38)48-32(51)28-14-24(59-33-26-15-27(42)29(57-5)16-25(26)30(58-6)18-46-33)19-50(28)34(52)31(22(2)13-21)47-36(54)60-37(3,4)40(43,44)45/h8,10,15-16,18,21-24,28,31H,7,9,11-14,17,19-20H2,1-6H3,(H,47,54)(H,48,51)(H,49,53)/b10-8+/t21-,22-,23-,24-,28+,31+,39-/m1/s1. The fourth-order valence-electron chi connectivity index (χ4n) is 7.96. The first-order chi connectivity index (χ1) is 28.5. The number of amides is 4. The largest absolute Gasteiger partial charge is 0.494 e. The maximum absolute atomic E-state index is 15.1. The second-order valence-corrected chi connectivity index (χ2v) is 19.1. The van der Waals surface area contributed by atoms with Crippen molar-refractivity contribution >= 4 is 44.6 Å². The molecule has 336 valence electrons. The molecule has 4 aliphatic rings. The molecule has 0 bridgehead atoms. The number of aromatic nitrogens is 1. The molecule has 2 aliphatic carbocycles. The number of alkyl halides is 4. The van der Waals surface area contributed by atoms with Crippen LogP contribution in [0.15, 0.2) is 30.5 Å². The lowest BCUT2D eigenvalue weighted by Gasteiger charge is -2.34. The molecule has 2 saturated carbocycles. The molecule has 3 heterocycles. The molecule has 2 aliphatic heterocycles. The van der Waals surface area contributed by atoms with Crippen LogP contribution in [0.4, 0.5) is 26.7 Å². The third kappa shape index (κ3) is 9.02. The number of sulfonamides is 1. The van der Waals surface area contributed by atoms with E-state index >= 15 is 4.39 Å². The molecular formula is C40H50F5N5O10S. The third-order valence-electron chi connectivity index (χ3n) is 12.2. The van der Waals surface area contributed by atoms with Crippen LogP contribution in [-0.2, 0) is 29.1 Å². The minimum Gasteiger partial charge on any atom is -0.494 e. The van der Waals surface area contributed by atoms with E-state index in [4.69, 9.17) is 18.9 Å². The summed E-state index contributed by atoms with van der Waals surface area (Å²) in [4.78, 5) is 61.7. The summed E-state index contributed by atoms with van der Waals surface area (Å²) in [6, 6.07) is -0.544. The second-order valence-electron chi connectivity index (χ2n) is 17.0. The van der Waals surface area contributed by atoms with Crippen molar-refractivity contribution in [2.45, 2.75) is 113 Å². The summed E-state index contributed by atoms with van der Waals surface area (Å²) in [5.74, 6) is -5.19. The van der Waals surface area contributed by atoms with Crippen LogP contribution < -0.4 is 29.6 Å². The highest BCUT2D eigenvalue weighted by Crippen LogP contribution is 2.48. The topological polar surface area (TPSA) is 192 Å². The minimum absolute atomic E-state index is 0.000909. The van der Waals surface area contributed by atoms with E-state index in [9.17, 15) is 45.2 Å². The second kappa shape index (κ2) is 16.7. The number of alkyl carbamates (subject to hydrolysis) is 1. The van der Waals surface area contributed by atoms with Crippen molar-refractivity contribution in [2.75, 3.05) is 27.4 Å². The number of hydrogen-bond acceptors (Lipinski definition) is 11. The Morgan fingerprint density at radius 3 is 2.36 bits per heavy atom. The lowest BCUT2D eigenvalue weighted by molar-refractivity contribution is -0.244. The summed E-state index contributed by atoms with van der Waals surface area (Å²) in [6.07, 6.45) is -1.83. The number of benzene rings is 1. The number of carbonyl (C=O) groups excluding carboxylic acids is 4. The molecule has 7 atom stereocenters. The van der Waals surface area contributed by atoms with Gasteiger partial charge < -0.3 is 34.5 Å². The van der Waals surface area contributed by atoms with Gasteiger partial charge in [-0.25, -0.2) is 27.0 Å². The maximum Gasteiger partial charge on any atom is 0.427 e. The van der Waals surface area contributed by atoms with Gasteiger partial charge in [0.05, 0.1) is 32.3 Å². The number of methoxy groups -OCH3 is 2. The summed E-state index contributed by atoms with van der Waals surface area (Å²) in [6.45, 7) is 3.21. The van der Waals surface area contributed by atoms with E-state index in [0.717, 1.165) is 11.0 Å². The third-order valence-corrected chi connectivity index (χ3v) is 14.3. The molecule has 0 spiro atoms. The van der Waals surface area contributed by atoms with Gasteiger partial charge in [0.2, 0.25) is 33.3 Å². The maximum atomic E-state index is 15.1. The average Bonchev–Trinajstić information content (AvgIpc) is 4.09. The zero-order valence-corrected chi connectivity index (χ0v) is 35.3. The van der Waals surface area contributed by atoms with Crippen LogP contribution in [0.1, 0.15) is 72.6 Å². The molecule has 21 heteroatoms. The summed E-state index contributed by atoms with van der Waals surface area (Å²) in [7, 11) is -1.85. The van der Waals surface area contributed by atoms with Crippen molar-refractivity contribution < 1.29 is 68.5 Å². The number of fused-ring (bicyclic) bond motifs is 3. The van der Waals surface area contributed by atoms with Gasteiger partial charge in [-0.3, -0.25) is 19.1 Å². The Morgan fingerprint density at radius 1 is 1.05 bits per heavy atom. The summed E-state index contributed by atoms with van der Waals surface area (Å²) < 4.78 is 118. The van der Waals surface area contributed by atoms with Crippen molar-refractivity contribution in [1.29, 1.82) is 0 Å². The monoisotopic (exact) mass is 887 g/mol. The number of pyridine rings is 1. The predicted molar refractivity (Wildman–Crippen MR) is 208 cm³/mol. The van der Waals surface area contributed by atoms with Crippen LogP contribution in [0.25, 0.3) is 10.8 Å². The number of nitrogens with zero attached hydrogens (tertiary/aromatic N) is 2. The number of allylic oxidation sites excluding steroid dienone is 1. The van der Waals surface area contributed by atoms with E-state index in [0.29, 0.717) is 38.5 Å². The van der Waals surface area contributed by atoms with Crippen LogP contribution in [0.5, 0.6) is 17.4 Å². The summed E-state index contributed by atoms with van der Waals surface area (Å²) in [5, 5.41) is 5.47. The van der Waals surface area contributed by atoms with E-state index in [1.165, 1.54) is 26.5 Å². The predicted octanol–water partition coefficient (Wildman–Crippen LogP) is 5.01. The molecule has 15 nitrogen and oxygen atoms in total. The van der Waals surface area contributed by atoms with Crippen molar-refractivity contribution in [2.24, 2.45) is 17.8 Å². The Morgan fingerprint density at radius 2 is 1.74 bits per heavy atom. The normalized spacial score (nSPS) is 28.5. The van der Waals surface area contributed by atoms with Crippen molar-refractivity contribution in [3.05, 3.63) is 36.3 Å². The van der Waals surface area contributed by atoms with E-state index in [1.807, 2.05) is 11.6 Å². The number of carbonyl (C=O) groups is 4. The molecule has 3 N–H and O–H groups in total. The first-order valence-electron chi connectivity index (χ1n) is 19.9. The quantitative estimate of drug-likeness (QED) is 0.215. The lowest BCUT2D eigenvalue weighted by atomic mass is 9.88. The minimum atomic E-state index is -4.96. The highest BCUT2D eigenvalue weighted by Gasteiger charge is 2.64. The molecule has 61 heavy (non-hydrogen) atoms. The van der Waals surface area contributed by atoms with Crippen molar-refractivity contribution in [3.63, 3.8) is 0 Å². The number of nitrogens with one attached hydrogen (secondary N) is 3. The highest BCUT2D eigenvalue weighted by atomic mass is 32.2. The zero-order valence-electron chi connectivity index (χ0n) is 34.5. The van der Waals surface area contributed by atoms with Crippen molar-refractivity contribution in [3.8, 4) is 17.4 Å². The molecule has 3 fully saturated rings. The van der Waals surface area contributed by atoms with E-state index in [1.54, 1.807) is 19.1 Å². The molecule has 4 amide bonds. The van der Waals surface area contributed by atoms with Gasteiger partial charge in [0.1, 0.15) is 40.9 Å². The molecule has 6 rings (SSSR count). The fraction of sp³-hybridized carbons (Fsp3) is 0.625. The van der Waals surface area contributed by atoms with Gasteiger partial charge >= 0.3 is 12.3 Å². The first-order valence-corrected chi connectivity index (χ1v) is 21.4. The van der Waals surface area contributed by atoms with Gasteiger partial charge in [0.25, 0.3) is 5.91 Å². The average molecular weight is 888 g/mol. The summed E-state index contributed by atoms with van der Waals surface area (Å²) >= 11 is 0. The lowest BCUT2D eigenvalue weighted by Crippen LogP contribution is -2.60. The van der Waals surface area contributed by atoms with Gasteiger partial charge in [-0.2, -0.15) is 13.2 Å². The smallest absolute Gasteiger partial charge is 0.427 e. The van der Waals surface area contributed by atoms with Crippen LogP contribution in [-0.4, -0.2) is 110 Å². The summed E-state index contributed by atoms with van der Waals surface area (Å²) in [5.41, 5.74) is -4.77. The SMILES string of the molecule is COc1cc2c(OC)cnc(O[C@@H]3C[C@H]4C(=O)N[C@]5(C(=O)NS(=O)(=O)C6(CF)CC6)C[C@H]5/C=C/CC[C@@H](C)C[C@@H](C)[C@H](NC(=O)OC(C)(C)C(F)(F)F)C(=O)N4C3)c2cc1F. The number of ether oxygens (including phenoxy) is 4. The van der Waals surface area contributed by atoms with Crippen LogP contribution in [0, 0.1) is 23.6 Å². The molecular weight excluding hydrogens is 838 g/mol. The molecule has 0 radical (unpaired) electrons. The van der Waals surface area contributed by atoms with Crippen LogP contribution >= 0.6 is 0 Å². The van der Waals surface area contributed by atoms with Gasteiger partial charge in [-0.15, -0.1) is 0 Å². The number of rotatable bonds is 10. The molecule has 0 unspecified atom stereocenters. The molecule has 2 aromatic rings. The molecule has 1 saturated heterocycles. The molecule has 1 aromatic heterocycles. The fourth-order valence-corrected chi connectivity index (χ4v) is 9.38. The van der Waals surface area contributed by atoms with Gasteiger partial charge in [0, 0.05) is 17.7 Å². The van der Waals surface area contributed by atoms with Gasteiger partial charge in [-0.05, 0) is 76.3 Å². The zero-order chi connectivity index (χ0) is 44.9. The first kappa shape index (κ1) is 45.6. The van der Waals surface area contributed by atoms with E-state index in [-0.39, 0.29) is 60.9 Å². The van der Waals surface area contributed by atoms with Crippen molar-refractivity contribution in [1.82, 2.24) is 25.2 Å². The number of hydrogen-bond donors (Lipinski definition) is 3. The number of halogens is 5.